The van der Waals surface area contributed by atoms with Crippen LogP contribution in [0.25, 0.3) is 32.9 Å². The first-order chi connectivity index (χ1) is 13.7. The van der Waals surface area contributed by atoms with Crippen molar-refractivity contribution < 1.29 is 4.79 Å². The van der Waals surface area contributed by atoms with Gasteiger partial charge in [-0.25, -0.2) is 0 Å². The molecule has 0 bridgehead atoms. The van der Waals surface area contributed by atoms with E-state index in [0.29, 0.717) is 5.92 Å². The summed E-state index contributed by atoms with van der Waals surface area (Å²) in [7, 11) is 1.53. The maximum Gasteiger partial charge on any atom is 0.261 e. The number of aromatic amines is 2. The lowest BCUT2D eigenvalue weighted by molar-refractivity contribution is 0.0962. The Labute approximate surface area is 161 Å². The fourth-order valence-corrected chi connectivity index (χ4v) is 4.17. The highest BCUT2D eigenvalue weighted by atomic mass is 16.2. The zero-order valence-electron chi connectivity index (χ0n) is 15.6. The van der Waals surface area contributed by atoms with Crippen molar-refractivity contribution in [2.24, 2.45) is 0 Å². The van der Waals surface area contributed by atoms with Crippen molar-refractivity contribution in [3.63, 3.8) is 0 Å². The third-order valence-electron chi connectivity index (χ3n) is 5.91. The van der Waals surface area contributed by atoms with Gasteiger partial charge in [-0.15, -0.1) is 0 Å². The van der Waals surface area contributed by atoms with E-state index >= 15 is 0 Å². The van der Waals surface area contributed by atoms with E-state index in [2.05, 4.69) is 45.6 Å². The minimum absolute atomic E-state index is 0.137. The molecule has 0 saturated heterocycles. The molecule has 1 fully saturated rings. The average molecular weight is 371 g/mol. The van der Waals surface area contributed by atoms with Gasteiger partial charge in [0, 0.05) is 24.3 Å². The number of benzene rings is 2. The second-order valence-corrected chi connectivity index (χ2v) is 7.49. The molecule has 0 aliphatic heterocycles. The maximum absolute atomic E-state index is 12.6. The lowest BCUT2D eigenvalue weighted by Crippen LogP contribution is -2.26. The Morgan fingerprint density at radius 3 is 2.68 bits per heavy atom. The Hall–Kier alpha value is -3.34. The van der Waals surface area contributed by atoms with Crippen LogP contribution in [0.2, 0.25) is 0 Å². The molecule has 1 aliphatic carbocycles. The summed E-state index contributed by atoms with van der Waals surface area (Å²) in [4.78, 5) is 30.9. The van der Waals surface area contributed by atoms with Crippen LogP contribution in [-0.2, 0) is 0 Å². The van der Waals surface area contributed by atoms with Crippen molar-refractivity contribution in [3.8, 4) is 11.1 Å². The molecule has 0 radical (unpaired) electrons. The summed E-state index contributed by atoms with van der Waals surface area (Å²) in [5.74, 6) is 0.143. The van der Waals surface area contributed by atoms with Crippen LogP contribution >= 0.6 is 0 Å². The molecule has 4 aromatic rings. The molecule has 3 N–H and O–H groups in total. The number of pyridine rings is 1. The Bertz CT molecular complexity index is 1280. The third kappa shape index (κ3) is 2.54. The van der Waals surface area contributed by atoms with E-state index in [-0.39, 0.29) is 17.0 Å². The molecular weight excluding hydrogens is 350 g/mol. The summed E-state index contributed by atoms with van der Waals surface area (Å²) in [6, 6.07) is 14.3. The summed E-state index contributed by atoms with van der Waals surface area (Å²) in [5.41, 5.74) is 5.10. The van der Waals surface area contributed by atoms with Crippen LogP contribution in [0, 0.1) is 0 Å². The lowest BCUT2D eigenvalue weighted by Gasteiger charge is -2.29. The number of hydrogen-bond donors (Lipinski definition) is 3. The van der Waals surface area contributed by atoms with Gasteiger partial charge in [0.25, 0.3) is 11.5 Å². The van der Waals surface area contributed by atoms with Gasteiger partial charge in [-0.2, -0.15) is 0 Å². The monoisotopic (exact) mass is 371 g/mol. The number of nitrogens with one attached hydrogen (secondary N) is 3. The van der Waals surface area contributed by atoms with E-state index in [9.17, 15) is 9.59 Å². The summed E-state index contributed by atoms with van der Waals surface area (Å²) >= 11 is 0. The van der Waals surface area contributed by atoms with E-state index in [1.807, 2.05) is 12.3 Å². The van der Waals surface area contributed by atoms with Crippen molar-refractivity contribution in [2.75, 3.05) is 7.05 Å². The van der Waals surface area contributed by atoms with Crippen LogP contribution in [0.1, 0.15) is 41.1 Å². The predicted octanol–water partition coefficient (Wildman–Crippen LogP) is 4.30. The molecule has 2 aromatic carbocycles. The zero-order valence-corrected chi connectivity index (χ0v) is 15.6. The Kier molecular flexibility index (Phi) is 3.83. The van der Waals surface area contributed by atoms with Crippen molar-refractivity contribution in [3.05, 3.63) is 70.1 Å². The van der Waals surface area contributed by atoms with E-state index in [4.69, 9.17) is 0 Å². The second-order valence-electron chi connectivity index (χ2n) is 7.49. The van der Waals surface area contributed by atoms with Gasteiger partial charge in [-0.1, -0.05) is 24.6 Å². The Morgan fingerprint density at radius 2 is 1.93 bits per heavy atom. The number of carbonyl (C=O) groups is 1. The molecule has 1 aliphatic rings. The topological polar surface area (TPSA) is 77.8 Å². The molecule has 0 unspecified atom stereocenters. The minimum Gasteiger partial charge on any atom is -0.361 e. The van der Waals surface area contributed by atoms with Gasteiger partial charge in [0.05, 0.1) is 5.52 Å². The van der Waals surface area contributed by atoms with Gasteiger partial charge >= 0.3 is 0 Å². The first-order valence-electron chi connectivity index (χ1n) is 9.65. The first kappa shape index (κ1) is 16.8. The number of hydrogen-bond acceptors (Lipinski definition) is 2. The molecule has 2 aromatic heterocycles. The smallest absolute Gasteiger partial charge is 0.261 e. The minimum atomic E-state index is -0.374. The van der Waals surface area contributed by atoms with Crippen molar-refractivity contribution in [2.45, 2.75) is 25.2 Å². The van der Waals surface area contributed by atoms with Gasteiger partial charge in [-0.05, 0) is 64.9 Å². The number of fused-ring (bicyclic) bond motifs is 2. The molecule has 5 heteroatoms. The lowest BCUT2D eigenvalue weighted by atomic mass is 9.76. The van der Waals surface area contributed by atoms with Crippen molar-refractivity contribution in [1.29, 1.82) is 0 Å². The predicted molar refractivity (Wildman–Crippen MR) is 112 cm³/mol. The van der Waals surface area contributed by atoms with Crippen LogP contribution in [0.15, 0.2) is 53.5 Å². The Balaban J connectivity index is 1.81. The maximum atomic E-state index is 12.6. The van der Waals surface area contributed by atoms with Crippen molar-refractivity contribution in [1.82, 2.24) is 15.3 Å². The highest BCUT2D eigenvalue weighted by Gasteiger charge is 2.25. The summed E-state index contributed by atoms with van der Waals surface area (Å²) in [6.07, 6.45) is 5.52. The molecule has 28 heavy (non-hydrogen) atoms. The van der Waals surface area contributed by atoms with Gasteiger partial charge in [0.2, 0.25) is 0 Å². The average Bonchev–Trinajstić information content (AvgIpc) is 3.13. The number of rotatable bonds is 3. The van der Waals surface area contributed by atoms with E-state index in [0.717, 1.165) is 32.9 Å². The molecule has 140 valence electrons. The van der Waals surface area contributed by atoms with E-state index in [1.54, 1.807) is 6.07 Å². The number of carbonyl (C=O) groups excluding carboxylic acids is 1. The first-order valence-corrected chi connectivity index (χ1v) is 9.65. The molecule has 1 amide bonds. The fourth-order valence-electron chi connectivity index (χ4n) is 4.17. The van der Waals surface area contributed by atoms with Crippen LogP contribution in [-0.4, -0.2) is 22.9 Å². The van der Waals surface area contributed by atoms with E-state index < -0.39 is 0 Å². The molecule has 5 nitrogen and oxygen atoms in total. The van der Waals surface area contributed by atoms with Gasteiger partial charge in [0.1, 0.15) is 5.56 Å². The quantitative estimate of drug-likeness (QED) is 0.502. The molecular formula is C23H21N3O2. The molecule has 0 spiro atoms. The molecule has 5 rings (SSSR count). The van der Waals surface area contributed by atoms with Crippen LogP contribution < -0.4 is 10.9 Å². The Morgan fingerprint density at radius 1 is 1.07 bits per heavy atom. The number of H-pyrrole nitrogens is 2. The normalized spacial score (nSPS) is 14.3. The standard InChI is InChI=1S/C23H21N3O2/c1-24-22(27)18-12-16-5-7-17(13-3-2-4-13)20(21(16)26-23(18)28)15-6-8-19-14(11-15)9-10-25-19/h5-13,25H,2-4H2,1H3,(H,24,27)(H,26,28). The molecule has 1 saturated carbocycles. The fraction of sp³-hybridized carbons (Fsp3) is 0.217. The van der Waals surface area contributed by atoms with Crippen LogP contribution in [0.5, 0.6) is 0 Å². The summed E-state index contributed by atoms with van der Waals surface area (Å²) in [6.45, 7) is 0. The van der Waals surface area contributed by atoms with E-state index in [1.165, 1.54) is 31.9 Å². The summed E-state index contributed by atoms with van der Waals surface area (Å²) in [5, 5.41) is 4.54. The highest BCUT2D eigenvalue weighted by molar-refractivity contribution is 6.02. The van der Waals surface area contributed by atoms with Crippen LogP contribution in [0.4, 0.5) is 0 Å². The highest BCUT2D eigenvalue weighted by Crippen LogP contribution is 2.43. The molecule has 0 atom stereocenters. The number of amides is 1. The van der Waals surface area contributed by atoms with Crippen molar-refractivity contribution >= 4 is 27.7 Å². The van der Waals surface area contributed by atoms with Gasteiger partial charge < -0.3 is 15.3 Å². The zero-order chi connectivity index (χ0) is 19.3. The second kappa shape index (κ2) is 6.37. The molecule has 2 heterocycles. The number of aromatic nitrogens is 2. The SMILES string of the molecule is CNC(=O)c1cc2ccc(C3CCC3)c(-c3ccc4[nH]ccc4c3)c2[nH]c1=O. The largest absolute Gasteiger partial charge is 0.361 e. The summed E-state index contributed by atoms with van der Waals surface area (Å²) < 4.78 is 0. The van der Waals surface area contributed by atoms with Gasteiger partial charge in [0.15, 0.2) is 0 Å². The third-order valence-corrected chi connectivity index (χ3v) is 5.91. The van der Waals surface area contributed by atoms with Gasteiger partial charge in [-0.3, -0.25) is 9.59 Å². The van der Waals surface area contributed by atoms with Crippen LogP contribution in [0.3, 0.4) is 0 Å².